The quantitative estimate of drug-likeness (QED) is 0.526. The molecule has 1 amide bonds. The average molecular weight is 347 g/mol. The van der Waals surface area contributed by atoms with Crippen molar-refractivity contribution in [3.63, 3.8) is 0 Å². The second-order valence-corrected chi connectivity index (χ2v) is 5.91. The summed E-state index contributed by atoms with van der Waals surface area (Å²) in [7, 11) is 1.58. The van der Waals surface area contributed by atoms with Crippen LogP contribution in [0.25, 0.3) is 22.6 Å². The zero-order chi connectivity index (χ0) is 18.1. The van der Waals surface area contributed by atoms with Crippen molar-refractivity contribution in [2.75, 3.05) is 12.4 Å². The maximum absolute atomic E-state index is 12.4. The van der Waals surface area contributed by atoms with Crippen molar-refractivity contribution in [3.05, 3.63) is 59.7 Å². The van der Waals surface area contributed by atoms with Crippen LogP contribution in [0.1, 0.15) is 15.9 Å². The molecular formula is C19H17N5O2. The number of rotatable bonds is 4. The zero-order valence-electron chi connectivity index (χ0n) is 14.3. The third kappa shape index (κ3) is 2.90. The van der Waals surface area contributed by atoms with Gasteiger partial charge in [-0.1, -0.05) is 18.2 Å². The zero-order valence-corrected chi connectivity index (χ0v) is 14.3. The molecule has 0 aliphatic carbocycles. The minimum absolute atomic E-state index is 0.258. The summed E-state index contributed by atoms with van der Waals surface area (Å²) in [5.41, 5.74) is 3.97. The van der Waals surface area contributed by atoms with Gasteiger partial charge in [0.05, 0.1) is 18.1 Å². The first kappa shape index (κ1) is 15.9. The van der Waals surface area contributed by atoms with Crippen molar-refractivity contribution < 1.29 is 9.53 Å². The number of H-pyrrole nitrogens is 2. The van der Waals surface area contributed by atoms with E-state index in [4.69, 9.17) is 4.74 Å². The van der Waals surface area contributed by atoms with Gasteiger partial charge in [-0.05, 0) is 36.8 Å². The van der Waals surface area contributed by atoms with Crippen molar-refractivity contribution in [3.8, 4) is 17.3 Å². The van der Waals surface area contributed by atoms with Crippen LogP contribution in [-0.2, 0) is 0 Å². The maximum atomic E-state index is 12.4. The molecule has 0 fully saturated rings. The van der Waals surface area contributed by atoms with Gasteiger partial charge in [0, 0.05) is 11.6 Å². The first-order valence-electron chi connectivity index (χ1n) is 8.10. The second kappa shape index (κ2) is 6.36. The minimum Gasteiger partial charge on any atom is -0.496 e. The number of ether oxygens (including phenoxy) is 1. The lowest BCUT2D eigenvalue weighted by Gasteiger charge is -2.07. The van der Waals surface area contributed by atoms with Gasteiger partial charge >= 0.3 is 0 Å². The fourth-order valence-corrected chi connectivity index (χ4v) is 2.74. The molecule has 7 nitrogen and oxygen atoms in total. The number of hydrogen-bond acceptors (Lipinski definition) is 4. The van der Waals surface area contributed by atoms with Gasteiger partial charge in [0.15, 0.2) is 11.6 Å². The topological polar surface area (TPSA) is 95.7 Å². The van der Waals surface area contributed by atoms with E-state index in [2.05, 4.69) is 25.5 Å². The lowest BCUT2D eigenvalue weighted by molar-refractivity contribution is 0.102. The van der Waals surface area contributed by atoms with Crippen LogP contribution in [0.5, 0.6) is 5.75 Å². The maximum Gasteiger partial charge on any atom is 0.256 e. The number of aryl methyl sites for hydroxylation is 1. The van der Waals surface area contributed by atoms with Gasteiger partial charge in [0.25, 0.3) is 5.91 Å². The summed E-state index contributed by atoms with van der Waals surface area (Å²) in [6.45, 7) is 1.92. The van der Waals surface area contributed by atoms with Crippen LogP contribution in [0.2, 0.25) is 0 Å². The Bertz CT molecular complexity index is 1060. The Balaban J connectivity index is 1.55. The Morgan fingerprint density at radius 3 is 2.81 bits per heavy atom. The molecule has 26 heavy (non-hydrogen) atoms. The number of carbonyl (C=O) groups is 1. The summed E-state index contributed by atoms with van der Waals surface area (Å²) in [5.74, 6) is 1.50. The number of hydrogen-bond donors (Lipinski definition) is 3. The molecule has 0 atom stereocenters. The molecule has 0 aliphatic heterocycles. The number of carbonyl (C=O) groups excluding carboxylic acids is 1. The van der Waals surface area contributed by atoms with Gasteiger partial charge in [0.2, 0.25) is 0 Å². The van der Waals surface area contributed by atoms with Gasteiger partial charge in [-0.25, -0.2) is 4.98 Å². The molecule has 0 bridgehead atoms. The van der Waals surface area contributed by atoms with Gasteiger partial charge in [-0.3, -0.25) is 9.89 Å². The van der Waals surface area contributed by atoms with Crippen molar-refractivity contribution in [1.82, 2.24) is 20.2 Å². The van der Waals surface area contributed by atoms with E-state index in [0.29, 0.717) is 28.6 Å². The van der Waals surface area contributed by atoms with E-state index in [-0.39, 0.29) is 5.91 Å². The highest BCUT2D eigenvalue weighted by molar-refractivity contribution is 6.04. The normalized spacial score (nSPS) is 10.8. The summed E-state index contributed by atoms with van der Waals surface area (Å²) in [6, 6.07) is 14.8. The van der Waals surface area contributed by atoms with Crippen molar-refractivity contribution in [2.45, 2.75) is 6.92 Å². The number of benzene rings is 2. The molecule has 2 aromatic carbocycles. The van der Waals surface area contributed by atoms with Crippen LogP contribution in [0.4, 0.5) is 5.82 Å². The predicted octanol–water partition coefficient (Wildman–Crippen LogP) is 3.52. The minimum atomic E-state index is -0.258. The Morgan fingerprint density at radius 1 is 1.15 bits per heavy atom. The third-order valence-electron chi connectivity index (χ3n) is 4.13. The van der Waals surface area contributed by atoms with Crippen molar-refractivity contribution in [2.24, 2.45) is 0 Å². The van der Waals surface area contributed by atoms with Gasteiger partial charge in [-0.2, -0.15) is 5.10 Å². The molecule has 0 saturated heterocycles. The number of anilines is 1. The molecule has 2 aromatic heterocycles. The molecule has 0 aliphatic rings. The summed E-state index contributed by atoms with van der Waals surface area (Å²) in [4.78, 5) is 20.2. The lowest BCUT2D eigenvalue weighted by Crippen LogP contribution is -2.12. The first-order chi connectivity index (χ1) is 12.6. The Kier molecular flexibility index (Phi) is 3.89. The Hall–Kier alpha value is -3.61. The summed E-state index contributed by atoms with van der Waals surface area (Å²) < 4.78 is 5.26. The van der Waals surface area contributed by atoms with E-state index in [9.17, 15) is 4.79 Å². The predicted molar refractivity (Wildman–Crippen MR) is 99.4 cm³/mol. The molecule has 3 N–H and O–H groups in total. The number of imidazole rings is 1. The number of aromatic nitrogens is 4. The molecule has 0 spiro atoms. The second-order valence-electron chi connectivity index (χ2n) is 5.91. The number of para-hydroxylation sites is 2. The molecule has 0 radical (unpaired) electrons. The van der Waals surface area contributed by atoms with Crippen molar-refractivity contribution in [1.29, 1.82) is 0 Å². The van der Waals surface area contributed by atoms with Crippen LogP contribution in [-0.4, -0.2) is 33.2 Å². The van der Waals surface area contributed by atoms with E-state index in [1.807, 2.05) is 37.3 Å². The molecule has 4 aromatic rings. The standard InChI is InChI=1S/C19H17N5O2/c1-11-7-8-12(9-16(11)26-2)19(25)22-17-10-15(23-24-17)18-20-13-5-3-4-6-14(13)21-18/h3-10H,1-2H3,(H,20,21)(H2,22,23,24,25). The third-order valence-corrected chi connectivity index (χ3v) is 4.13. The van der Waals surface area contributed by atoms with E-state index in [1.165, 1.54) is 0 Å². The lowest BCUT2D eigenvalue weighted by atomic mass is 10.1. The van der Waals surface area contributed by atoms with Crippen LogP contribution in [0, 0.1) is 6.92 Å². The number of aromatic amines is 2. The number of fused-ring (bicyclic) bond motifs is 1. The molecule has 2 heterocycles. The largest absolute Gasteiger partial charge is 0.496 e. The SMILES string of the molecule is COc1cc(C(=O)Nc2cc(-c3nc4ccccc4[nH]3)[nH]n2)ccc1C. The van der Waals surface area contributed by atoms with E-state index < -0.39 is 0 Å². The number of amides is 1. The van der Waals surface area contributed by atoms with Gasteiger partial charge in [0.1, 0.15) is 11.4 Å². The smallest absolute Gasteiger partial charge is 0.256 e. The monoisotopic (exact) mass is 347 g/mol. The van der Waals surface area contributed by atoms with Crippen LogP contribution in [0.3, 0.4) is 0 Å². The van der Waals surface area contributed by atoms with E-state index in [0.717, 1.165) is 16.6 Å². The molecule has 0 saturated carbocycles. The highest BCUT2D eigenvalue weighted by Gasteiger charge is 2.13. The molecular weight excluding hydrogens is 330 g/mol. The first-order valence-corrected chi connectivity index (χ1v) is 8.10. The highest BCUT2D eigenvalue weighted by Crippen LogP contribution is 2.22. The van der Waals surface area contributed by atoms with Crippen LogP contribution in [0.15, 0.2) is 48.5 Å². The van der Waals surface area contributed by atoms with Gasteiger partial charge in [-0.15, -0.1) is 0 Å². The Labute approximate surface area is 149 Å². The number of nitrogens with zero attached hydrogens (tertiary/aromatic N) is 2. The fourth-order valence-electron chi connectivity index (χ4n) is 2.74. The van der Waals surface area contributed by atoms with E-state index >= 15 is 0 Å². The van der Waals surface area contributed by atoms with Crippen molar-refractivity contribution >= 4 is 22.8 Å². The summed E-state index contributed by atoms with van der Waals surface area (Å²) in [6.07, 6.45) is 0. The highest BCUT2D eigenvalue weighted by atomic mass is 16.5. The molecule has 4 rings (SSSR count). The summed E-state index contributed by atoms with van der Waals surface area (Å²) >= 11 is 0. The molecule has 7 heteroatoms. The van der Waals surface area contributed by atoms with E-state index in [1.54, 1.807) is 25.3 Å². The summed E-state index contributed by atoms with van der Waals surface area (Å²) in [5, 5.41) is 9.80. The molecule has 0 unspecified atom stereocenters. The van der Waals surface area contributed by atoms with Gasteiger partial charge < -0.3 is 15.0 Å². The fraction of sp³-hybridized carbons (Fsp3) is 0.105. The van der Waals surface area contributed by atoms with Crippen LogP contribution < -0.4 is 10.1 Å². The molecule has 130 valence electrons. The Morgan fingerprint density at radius 2 is 2.00 bits per heavy atom. The van der Waals surface area contributed by atoms with Crippen LogP contribution >= 0.6 is 0 Å². The average Bonchev–Trinajstić information content (AvgIpc) is 3.28. The number of methoxy groups -OCH3 is 1. The number of nitrogens with one attached hydrogen (secondary N) is 3.